The SMILES string of the molecule is C=C(c1cc2c(cc1C(F)(F)F)OCC1=NNC(=O)C(C)N12)C1(C)CN(C(=O)OC(C)(C)C)C1. The number of likely N-dealkylation sites (tertiary alicyclic amines) is 1. The molecule has 0 spiro atoms. The molecule has 1 aromatic rings. The molecule has 1 atom stereocenters. The van der Waals surface area contributed by atoms with Gasteiger partial charge < -0.3 is 19.3 Å². The van der Waals surface area contributed by atoms with Crippen molar-refractivity contribution < 1.29 is 32.2 Å². The van der Waals surface area contributed by atoms with Gasteiger partial charge in [0.2, 0.25) is 0 Å². The Balaban J connectivity index is 1.70. The van der Waals surface area contributed by atoms with Crippen molar-refractivity contribution in [2.75, 3.05) is 24.6 Å². The molecule has 34 heavy (non-hydrogen) atoms. The third-order valence-corrected chi connectivity index (χ3v) is 6.15. The zero-order valence-corrected chi connectivity index (χ0v) is 19.7. The topological polar surface area (TPSA) is 83.5 Å². The Morgan fingerprint density at radius 3 is 2.53 bits per heavy atom. The molecular formula is C23H27F3N4O4. The van der Waals surface area contributed by atoms with Crippen LogP contribution in [0.2, 0.25) is 0 Å². The van der Waals surface area contributed by atoms with Crippen LogP contribution >= 0.6 is 0 Å². The number of halogens is 3. The van der Waals surface area contributed by atoms with Crippen LogP contribution in [0.25, 0.3) is 5.57 Å². The number of hydrogen-bond donors (Lipinski definition) is 1. The Hall–Kier alpha value is -3.24. The zero-order chi connectivity index (χ0) is 25.2. The largest absolute Gasteiger partial charge is 0.483 e. The zero-order valence-electron chi connectivity index (χ0n) is 19.7. The van der Waals surface area contributed by atoms with E-state index in [4.69, 9.17) is 9.47 Å². The summed E-state index contributed by atoms with van der Waals surface area (Å²) in [5, 5.41) is 3.98. The number of hydrogen-bond acceptors (Lipinski definition) is 6. The third-order valence-electron chi connectivity index (χ3n) is 6.15. The average Bonchev–Trinajstić information content (AvgIpc) is 2.70. The van der Waals surface area contributed by atoms with Gasteiger partial charge in [0.25, 0.3) is 5.91 Å². The number of carbonyl (C=O) groups is 2. The first-order valence-electron chi connectivity index (χ1n) is 10.8. The number of rotatable bonds is 2. The summed E-state index contributed by atoms with van der Waals surface area (Å²) in [6.07, 6.45) is -5.19. The molecular weight excluding hydrogens is 453 g/mol. The molecule has 0 aliphatic carbocycles. The first-order chi connectivity index (χ1) is 15.6. The molecule has 184 valence electrons. The minimum atomic E-state index is -4.67. The molecule has 11 heteroatoms. The van der Waals surface area contributed by atoms with Gasteiger partial charge in [-0.15, -0.1) is 0 Å². The molecule has 8 nitrogen and oxygen atoms in total. The molecule has 1 aromatic carbocycles. The van der Waals surface area contributed by atoms with E-state index in [1.165, 1.54) is 11.0 Å². The molecule has 3 heterocycles. The number of amidine groups is 1. The van der Waals surface area contributed by atoms with Crippen molar-refractivity contribution in [2.45, 2.75) is 52.4 Å². The summed E-state index contributed by atoms with van der Waals surface area (Å²) in [6, 6.07) is 1.61. The quantitative estimate of drug-likeness (QED) is 0.692. The minimum Gasteiger partial charge on any atom is -0.483 e. The number of fused-ring (bicyclic) bond motifs is 3. The first kappa shape index (κ1) is 23.9. The molecule has 0 saturated carbocycles. The van der Waals surface area contributed by atoms with Gasteiger partial charge >= 0.3 is 12.3 Å². The fourth-order valence-corrected chi connectivity index (χ4v) is 4.32. The average molecular weight is 480 g/mol. The maximum Gasteiger partial charge on any atom is 0.417 e. The van der Waals surface area contributed by atoms with Crippen LogP contribution in [-0.2, 0) is 15.7 Å². The Kier molecular flexibility index (Phi) is 5.37. The third kappa shape index (κ3) is 4.07. The molecule has 0 bridgehead atoms. The highest BCUT2D eigenvalue weighted by Crippen LogP contribution is 2.49. The lowest BCUT2D eigenvalue weighted by molar-refractivity contribution is -0.138. The maximum absolute atomic E-state index is 14.1. The Labute approximate surface area is 195 Å². The van der Waals surface area contributed by atoms with Crippen LogP contribution in [0, 0.1) is 5.41 Å². The van der Waals surface area contributed by atoms with E-state index in [-0.39, 0.29) is 42.5 Å². The summed E-state index contributed by atoms with van der Waals surface area (Å²) >= 11 is 0. The fraction of sp³-hybridized carbons (Fsp3) is 0.522. The van der Waals surface area contributed by atoms with Crippen molar-refractivity contribution in [1.29, 1.82) is 0 Å². The highest BCUT2D eigenvalue weighted by Gasteiger charge is 2.48. The summed E-state index contributed by atoms with van der Waals surface area (Å²) in [4.78, 5) is 27.5. The number of hydrazone groups is 1. The molecule has 2 amide bonds. The molecule has 1 unspecified atom stereocenters. The lowest BCUT2D eigenvalue weighted by Crippen LogP contribution is -2.58. The number of ether oxygens (including phenoxy) is 2. The van der Waals surface area contributed by atoms with Gasteiger partial charge in [0.05, 0.1) is 11.3 Å². The standard InChI is InChI=1S/C23H27F3N4O4/c1-12(22(6)10-29(11-22)20(32)34-21(3,4)5)14-7-16-17(8-15(14)23(24,25)26)33-9-18-27-28-19(31)13(2)30(16)18/h7-8,13H,1,9-11H2,2-6H3,(H,28,31). The first-order valence-corrected chi connectivity index (χ1v) is 10.8. The van der Waals surface area contributed by atoms with Gasteiger partial charge in [-0.2, -0.15) is 18.3 Å². The Morgan fingerprint density at radius 1 is 1.29 bits per heavy atom. The summed E-state index contributed by atoms with van der Waals surface area (Å²) in [5.41, 5.74) is 0.467. The molecule has 0 aromatic heterocycles. The fourth-order valence-electron chi connectivity index (χ4n) is 4.32. The van der Waals surface area contributed by atoms with Crippen LogP contribution in [0.5, 0.6) is 5.75 Å². The number of nitrogens with one attached hydrogen (secondary N) is 1. The smallest absolute Gasteiger partial charge is 0.417 e. The number of alkyl halides is 3. The van der Waals surface area contributed by atoms with Crippen molar-refractivity contribution in [3.63, 3.8) is 0 Å². The highest BCUT2D eigenvalue weighted by atomic mass is 19.4. The molecule has 0 radical (unpaired) electrons. The van der Waals surface area contributed by atoms with Gasteiger partial charge in [-0.1, -0.05) is 13.5 Å². The van der Waals surface area contributed by atoms with Crippen molar-refractivity contribution in [3.05, 3.63) is 29.8 Å². The van der Waals surface area contributed by atoms with Crippen molar-refractivity contribution in [3.8, 4) is 5.75 Å². The summed E-state index contributed by atoms with van der Waals surface area (Å²) in [6.45, 7) is 12.9. The van der Waals surface area contributed by atoms with Crippen LogP contribution in [0.1, 0.15) is 45.7 Å². The lowest BCUT2D eigenvalue weighted by atomic mass is 9.72. The number of carbonyl (C=O) groups excluding carboxylic acids is 2. The predicted molar refractivity (Wildman–Crippen MR) is 119 cm³/mol. The number of amides is 2. The molecule has 1 N–H and O–H groups in total. The summed E-state index contributed by atoms with van der Waals surface area (Å²) in [7, 11) is 0. The van der Waals surface area contributed by atoms with Crippen LogP contribution in [0.15, 0.2) is 23.8 Å². The van der Waals surface area contributed by atoms with E-state index in [1.807, 2.05) is 0 Å². The molecule has 4 rings (SSSR count). The van der Waals surface area contributed by atoms with Gasteiger partial charge in [-0.25, -0.2) is 10.2 Å². The van der Waals surface area contributed by atoms with Crippen LogP contribution < -0.4 is 15.1 Å². The van der Waals surface area contributed by atoms with E-state index in [2.05, 4.69) is 17.1 Å². The van der Waals surface area contributed by atoms with Crippen LogP contribution in [0.3, 0.4) is 0 Å². The summed E-state index contributed by atoms with van der Waals surface area (Å²) < 4.78 is 53.1. The van der Waals surface area contributed by atoms with Gasteiger partial charge in [-0.05, 0) is 51.0 Å². The van der Waals surface area contributed by atoms with E-state index in [1.54, 1.807) is 39.5 Å². The van der Waals surface area contributed by atoms with E-state index >= 15 is 0 Å². The normalized spacial score (nSPS) is 21.4. The van der Waals surface area contributed by atoms with Crippen molar-refractivity contribution in [2.24, 2.45) is 10.5 Å². The van der Waals surface area contributed by atoms with Crippen LogP contribution in [0.4, 0.5) is 23.7 Å². The van der Waals surface area contributed by atoms with Crippen molar-refractivity contribution in [1.82, 2.24) is 10.3 Å². The summed E-state index contributed by atoms with van der Waals surface area (Å²) in [5.74, 6) is 0.0243. The van der Waals surface area contributed by atoms with Crippen molar-refractivity contribution >= 4 is 29.1 Å². The van der Waals surface area contributed by atoms with E-state index in [0.29, 0.717) is 11.5 Å². The lowest BCUT2D eigenvalue weighted by Gasteiger charge is -2.49. The minimum absolute atomic E-state index is 0.0125. The van der Waals surface area contributed by atoms with E-state index in [0.717, 1.165) is 6.07 Å². The van der Waals surface area contributed by atoms with Gasteiger partial charge in [0.15, 0.2) is 5.84 Å². The molecule has 3 aliphatic heterocycles. The molecule has 1 saturated heterocycles. The van der Waals surface area contributed by atoms with E-state index < -0.39 is 34.9 Å². The predicted octanol–water partition coefficient (Wildman–Crippen LogP) is 4.01. The molecule has 3 aliphatic rings. The maximum atomic E-state index is 14.1. The highest BCUT2D eigenvalue weighted by molar-refractivity contribution is 6.09. The number of nitrogens with zero attached hydrogens (tertiary/aromatic N) is 3. The second-order valence-electron chi connectivity index (χ2n) is 10.1. The number of anilines is 1. The Bertz CT molecular complexity index is 1100. The van der Waals surface area contributed by atoms with Gasteiger partial charge in [-0.3, -0.25) is 4.79 Å². The number of benzene rings is 1. The monoisotopic (exact) mass is 480 g/mol. The second-order valence-corrected chi connectivity index (χ2v) is 10.1. The Morgan fingerprint density at radius 2 is 1.94 bits per heavy atom. The second kappa shape index (κ2) is 7.64. The molecule has 1 fully saturated rings. The van der Waals surface area contributed by atoms with E-state index in [9.17, 15) is 22.8 Å². The van der Waals surface area contributed by atoms with Gasteiger partial charge in [0, 0.05) is 18.5 Å². The van der Waals surface area contributed by atoms with Crippen LogP contribution in [-0.4, -0.2) is 54.1 Å². The van der Waals surface area contributed by atoms with Gasteiger partial charge in [0.1, 0.15) is 24.0 Å².